The van der Waals surface area contributed by atoms with E-state index >= 15 is 0 Å². The van der Waals surface area contributed by atoms with Gasteiger partial charge in [-0.15, -0.1) is 0 Å². The molecule has 0 aliphatic carbocycles. The van der Waals surface area contributed by atoms with Crippen molar-refractivity contribution in [2.75, 3.05) is 26.2 Å². The maximum Gasteiger partial charge on any atom is 0.275 e. The van der Waals surface area contributed by atoms with Gasteiger partial charge in [0, 0.05) is 31.4 Å². The van der Waals surface area contributed by atoms with Crippen molar-refractivity contribution in [3.05, 3.63) is 58.0 Å². The molecule has 1 saturated heterocycles. The van der Waals surface area contributed by atoms with E-state index in [-0.39, 0.29) is 11.1 Å². The lowest BCUT2D eigenvalue weighted by Crippen LogP contribution is -2.41. The molecular formula is C20H26N4O2. The number of aryl methyl sites for hydroxylation is 1. The SMILES string of the molecule is Cc1cc(=O)c(C(=O)NCCN2CCC[C@@H](C)C2)nn1-c1ccccc1. The highest BCUT2D eigenvalue weighted by atomic mass is 16.2. The molecule has 2 aromatic rings. The van der Waals surface area contributed by atoms with Gasteiger partial charge in [0.1, 0.15) is 0 Å². The maximum atomic E-state index is 12.5. The molecule has 26 heavy (non-hydrogen) atoms. The van der Waals surface area contributed by atoms with E-state index in [0.717, 1.165) is 25.3 Å². The van der Waals surface area contributed by atoms with Gasteiger partial charge in [-0.3, -0.25) is 9.59 Å². The maximum absolute atomic E-state index is 12.5. The van der Waals surface area contributed by atoms with Gasteiger partial charge in [-0.2, -0.15) is 5.10 Å². The first-order chi connectivity index (χ1) is 12.5. The van der Waals surface area contributed by atoms with Gasteiger partial charge in [0.25, 0.3) is 5.91 Å². The van der Waals surface area contributed by atoms with Crippen molar-refractivity contribution in [3.63, 3.8) is 0 Å². The average molecular weight is 354 g/mol. The number of hydrogen-bond acceptors (Lipinski definition) is 4. The molecule has 0 unspecified atom stereocenters. The first-order valence-electron chi connectivity index (χ1n) is 9.21. The molecule has 0 saturated carbocycles. The fourth-order valence-corrected chi connectivity index (χ4v) is 3.44. The van der Waals surface area contributed by atoms with E-state index in [2.05, 4.69) is 22.2 Å². The quantitative estimate of drug-likeness (QED) is 0.892. The van der Waals surface area contributed by atoms with Crippen molar-refractivity contribution in [1.82, 2.24) is 20.0 Å². The van der Waals surface area contributed by atoms with Gasteiger partial charge in [-0.25, -0.2) is 4.68 Å². The van der Waals surface area contributed by atoms with Crippen LogP contribution in [0, 0.1) is 12.8 Å². The van der Waals surface area contributed by atoms with Crippen LogP contribution in [0.1, 0.15) is 35.9 Å². The van der Waals surface area contributed by atoms with E-state index in [1.165, 1.54) is 18.9 Å². The number of carbonyl (C=O) groups is 1. The zero-order valence-corrected chi connectivity index (χ0v) is 15.4. The van der Waals surface area contributed by atoms with Gasteiger partial charge >= 0.3 is 0 Å². The largest absolute Gasteiger partial charge is 0.349 e. The first kappa shape index (κ1) is 18.3. The third-order valence-electron chi connectivity index (χ3n) is 4.78. The number of hydrogen-bond donors (Lipinski definition) is 1. The molecule has 1 N–H and O–H groups in total. The Hall–Kier alpha value is -2.47. The number of amides is 1. The lowest BCUT2D eigenvalue weighted by molar-refractivity contribution is 0.0936. The molecule has 0 spiro atoms. The van der Waals surface area contributed by atoms with Gasteiger partial charge in [0.05, 0.1) is 5.69 Å². The second-order valence-electron chi connectivity index (χ2n) is 7.05. The van der Waals surface area contributed by atoms with Gasteiger partial charge in [-0.05, 0) is 44.4 Å². The normalized spacial score (nSPS) is 17.8. The van der Waals surface area contributed by atoms with E-state index in [0.29, 0.717) is 18.2 Å². The number of piperidine rings is 1. The summed E-state index contributed by atoms with van der Waals surface area (Å²) < 4.78 is 1.63. The molecule has 1 aliphatic heterocycles. The molecule has 6 nitrogen and oxygen atoms in total. The number of nitrogens with one attached hydrogen (secondary N) is 1. The predicted octanol–water partition coefficient (Wildman–Crippen LogP) is 2.00. The molecule has 1 aliphatic rings. The third-order valence-corrected chi connectivity index (χ3v) is 4.78. The molecule has 3 rings (SSSR count). The number of aromatic nitrogens is 2. The number of nitrogens with zero attached hydrogens (tertiary/aromatic N) is 3. The van der Waals surface area contributed by atoms with Crippen LogP contribution in [0.4, 0.5) is 0 Å². The Kier molecular flexibility index (Phi) is 5.83. The molecule has 1 atom stereocenters. The Balaban J connectivity index is 1.68. The summed E-state index contributed by atoms with van der Waals surface area (Å²) in [4.78, 5) is 27.0. The highest BCUT2D eigenvalue weighted by molar-refractivity contribution is 5.92. The topological polar surface area (TPSA) is 67.2 Å². The Morgan fingerprint density at radius 1 is 1.31 bits per heavy atom. The predicted molar refractivity (Wildman–Crippen MR) is 102 cm³/mol. The van der Waals surface area contributed by atoms with E-state index < -0.39 is 5.91 Å². The van der Waals surface area contributed by atoms with E-state index in [4.69, 9.17) is 0 Å². The van der Waals surface area contributed by atoms with Gasteiger partial charge in [0.2, 0.25) is 5.43 Å². The molecule has 138 valence electrons. The number of rotatable bonds is 5. The Bertz CT molecular complexity index is 816. The molecule has 1 amide bonds. The van der Waals surface area contributed by atoms with Crippen LogP contribution in [-0.2, 0) is 0 Å². The second-order valence-corrected chi connectivity index (χ2v) is 7.05. The molecular weight excluding hydrogens is 328 g/mol. The van der Waals surface area contributed by atoms with Crippen molar-refractivity contribution in [3.8, 4) is 5.69 Å². The zero-order valence-electron chi connectivity index (χ0n) is 15.4. The summed E-state index contributed by atoms with van der Waals surface area (Å²) in [6, 6.07) is 11.0. The average Bonchev–Trinajstić information content (AvgIpc) is 2.62. The van der Waals surface area contributed by atoms with Crippen molar-refractivity contribution in [2.24, 2.45) is 5.92 Å². The van der Waals surface area contributed by atoms with Crippen molar-refractivity contribution >= 4 is 5.91 Å². The minimum atomic E-state index is -0.412. The van der Waals surface area contributed by atoms with E-state index in [1.807, 2.05) is 30.3 Å². The van der Waals surface area contributed by atoms with Crippen LogP contribution in [0.5, 0.6) is 0 Å². The lowest BCUT2D eigenvalue weighted by Gasteiger charge is -2.30. The number of carbonyl (C=O) groups excluding carboxylic acids is 1. The molecule has 6 heteroatoms. The molecule has 2 heterocycles. The first-order valence-corrected chi connectivity index (χ1v) is 9.21. The summed E-state index contributed by atoms with van der Waals surface area (Å²) in [6.07, 6.45) is 2.48. The van der Waals surface area contributed by atoms with Crippen LogP contribution in [0.3, 0.4) is 0 Å². The van der Waals surface area contributed by atoms with Crippen LogP contribution >= 0.6 is 0 Å². The summed E-state index contributed by atoms with van der Waals surface area (Å²) in [5, 5.41) is 7.14. The van der Waals surface area contributed by atoms with Gasteiger partial charge in [-0.1, -0.05) is 25.1 Å². The summed E-state index contributed by atoms with van der Waals surface area (Å²) in [6.45, 7) is 7.53. The van der Waals surface area contributed by atoms with Gasteiger partial charge in [0.15, 0.2) is 5.69 Å². The van der Waals surface area contributed by atoms with Crippen LogP contribution < -0.4 is 10.7 Å². The van der Waals surface area contributed by atoms with Crippen molar-refractivity contribution < 1.29 is 4.79 Å². The summed E-state index contributed by atoms with van der Waals surface area (Å²) in [7, 11) is 0. The highest BCUT2D eigenvalue weighted by Crippen LogP contribution is 2.14. The smallest absolute Gasteiger partial charge is 0.275 e. The monoisotopic (exact) mass is 354 g/mol. The number of benzene rings is 1. The summed E-state index contributed by atoms with van der Waals surface area (Å²) in [5.41, 5.74) is 1.10. The molecule has 1 aromatic heterocycles. The Morgan fingerprint density at radius 3 is 2.81 bits per heavy atom. The van der Waals surface area contributed by atoms with Crippen LogP contribution in [0.25, 0.3) is 5.69 Å². The van der Waals surface area contributed by atoms with Gasteiger partial charge < -0.3 is 10.2 Å². The zero-order chi connectivity index (χ0) is 18.5. The highest BCUT2D eigenvalue weighted by Gasteiger charge is 2.18. The van der Waals surface area contributed by atoms with Crippen molar-refractivity contribution in [1.29, 1.82) is 0 Å². The molecule has 0 bridgehead atoms. The van der Waals surface area contributed by atoms with E-state index in [9.17, 15) is 9.59 Å². The van der Waals surface area contributed by atoms with Crippen LogP contribution in [0.2, 0.25) is 0 Å². The van der Waals surface area contributed by atoms with Crippen LogP contribution in [-0.4, -0.2) is 46.8 Å². The summed E-state index contributed by atoms with van der Waals surface area (Å²) >= 11 is 0. The fourth-order valence-electron chi connectivity index (χ4n) is 3.44. The standard InChI is InChI=1S/C20H26N4O2/c1-15-7-6-11-23(14-15)12-10-21-20(26)19-18(25)13-16(2)24(22-19)17-8-4-3-5-9-17/h3-5,8-9,13,15H,6-7,10-12,14H2,1-2H3,(H,21,26)/t15-/m1/s1. The van der Waals surface area contributed by atoms with Crippen LogP contribution in [0.15, 0.2) is 41.2 Å². The minimum Gasteiger partial charge on any atom is -0.349 e. The summed E-state index contributed by atoms with van der Waals surface area (Å²) in [5.74, 6) is 0.293. The fraction of sp³-hybridized carbons (Fsp3) is 0.450. The Labute approximate surface area is 153 Å². The second kappa shape index (κ2) is 8.27. The molecule has 0 radical (unpaired) electrons. The minimum absolute atomic E-state index is 0.0635. The number of para-hydroxylation sites is 1. The molecule has 1 fully saturated rings. The third kappa shape index (κ3) is 4.38. The van der Waals surface area contributed by atoms with E-state index in [1.54, 1.807) is 11.6 Å². The lowest BCUT2D eigenvalue weighted by atomic mass is 10.0. The Morgan fingerprint density at radius 2 is 2.08 bits per heavy atom. The van der Waals surface area contributed by atoms with Crippen molar-refractivity contribution in [2.45, 2.75) is 26.7 Å². The number of likely N-dealkylation sites (tertiary alicyclic amines) is 1. The molecule has 1 aromatic carbocycles.